The van der Waals surface area contributed by atoms with Gasteiger partial charge in [0, 0.05) is 37.2 Å². The van der Waals surface area contributed by atoms with E-state index in [-0.39, 0.29) is 17.9 Å². The number of nitrogens with zero attached hydrogens (tertiary/aromatic N) is 3. The molecule has 148 valence electrons. The van der Waals surface area contributed by atoms with Crippen LogP contribution in [-0.2, 0) is 19.6 Å². The molecule has 1 unspecified atom stereocenters. The van der Waals surface area contributed by atoms with E-state index in [1.165, 1.54) is 10.6 Å². The Morgan fingerprint density at radius 3 is 2.37 bits per heavy atom. The van der Waals surface area contributed by atoms with Crippen molar-refractivity contribution in [3.63, 3.8) is 0 Å². The van der Waals surface area contributed by atoms with E-state index in [0.29, 0.717) is 38.9 Å². The largest absolute Gasteiger partial charge is 0.342 e. The van der Waals surface area contributed by atoms with Crippen molar-refractivity contribution < 1.29 is 18.0 Å². The van der Waals surface area contributed by atoms with Crippen molar-refractivity contribution in [2.24, 2.45) is 5.92 Å². The lowest BCUT2D eigenvalue weighted by Crippen LogP contribution is -2.49. The van der Waals surface area contributed by atoms with Crippen LogP contribution >= 0.6 is 15.9 Å². The first kappa shape index (κ1) is 20.3. The Morgan fingerprint density at radius 1 is 1.15 bits per heavy atom. The second kappa shape index (κ2) is 7.89. The number of rotatable bonds is 4. The molecule has 2 heterocycles. The number of hydrogen-bond donors (Lipinski definition) is 0. The lowest BCUT2D eigenvalue weighted by atomic mass is 10.0. The van der Waals surface area contributed by atoms with Gasteiger partial charge in [-0.05, 0) is 47.3 Å². The first-order valence-corrected chi connectivity index (χ1v) is 11.6. The van der Waals surface area contributed by atoms with Crippen molar-refractivity contribution in [1.82, 2.24) is 9.21 Å². The Kier molecular flexibility index (Phi) is 5.93. The van der Waals surface area contributed by atoms with E-state index in [2.05, 4.69) is 15.9 Å². The highest BCUT2D eigenvalue weighted by atomic mass is 79.9. The lowest BCUT2D eigenvalue weighted by molar-refractivity contribution is -0.140. The van der Waals surface area contributed by atoms with Crippen molar-refractivity contribution in [1.29, 1.82) is 0 Å². The molecule has 2 fully saturated rings. The highest BCUT2D eigenvalue weighted by Gasteiger charge is 2.41. The molecule has 2 saturated heterocycles. The average Bonchev–Trinajstić information content (AvgIpc) is 3.01. The topological polar surface area (TPSA) is 78.0 Å². The summed E-state index contributed by atoms with van der Waals surface area (Å²) in [7, 11) is -1.67. The molecule has 0 spiro atoms. The molecule has 0 bridgehead atoms. The zero-order chi connectivity index (χ0) is 19.8. The Labute approximate surface area is 168 Å². The summed E-state index contributed by atoms with van der Waals surface area (Å²) in [6, 6.07) is 7.39. The van der Waals surface area contributed by atoms with Gasteiger partial charge >= 0.3 is 0 Å². The van der Waals surface area contributed by atoms with E-state index in [1.807, 2.05) is 24.3 Å². The van der Waals surface area contributed by atoms with E-state index in [1.54, 1.807) is 16.8 Å². The molecule has 3 rings (SSSR count). The smallest absolute Gasteiger partial charge is 0.239 e. The molecule has 2 aliphatic heterocycles. The molecule has 0 N–H and O–H groups in total. The van der Waals surface area contributed by atoms with E-state index in [9.17, 15) is 18.0 Å². The van der Waals surface area contributed by atoms with Gasteiger partial charge in [-0.1, -0.05) is 12.1 Å². The second-order valence-electron chi connectivity index (χ2n) is 7.12. The van der Waals surface area contributed by atoms with Crippen molar-refractivity contribution in [2.45, 2.75) is 25.3 Å². The molecule has 7 nitrogen and oxygen atoms in total. The van der Waals surface area contributed by atoms with Gasteiger partial charge in [-0.15, -0.1) is 0 Å². The van der Waals surface area contributed by atoms with Crippen LogP contribution in [0.2, 0.25) is 0 Å². The number of hydrogen-bond acceptors (Lipinski definition) is 4. The minimum absolute atomic E-state index is 0.0971. The third kappa shape index (κ3) is 4.20. The molecule has 27 heavy (non-hydrogen) atoms. The van der Waals surface area contributed by atoms with Gasteiger partial charge in [0.05, 0.1) is 11.9 Å². The maximum absolute atomic E-state index is 12.9. The number of likely N-dealkylation sites (tertiary alicyclic amines) is 1. The average molecular weight is 458 g/mol. The molecule has 9 heteroatoms. The second-order valence-corrected chi connectivity index (χ2v) is 10.0. The van der Waals surface area contributed by atoms with E-state index < -0.39 is 15.9 Å². The predicted molar refractivity (Wildman–Crippen MR) is 107 cm³/mol. The summed E-state index contributed by atoms with van der Waals surface area (Å²) in [5.41, 5.74) is 0.784. The minimum atomic E-state index is -3.24. The number of para-hydroxylation sites is 1. The normalized spacial score (nSPS) is 21.9. The number of benzene rings is 1. The van der Waals surface area contributed by atoms with Crippen LogP contribution in [0.4, 0.5) is 5.69 Å². The summed E-state index contributed by atoms with van der Waals surface area (Å²) < 4.78 is 25.6. The van der Waals surface area contributed by atoms with Gasteiger partial charge in [-0.25, -0.2) is 12.7 Å². The fraction of sp³-hybridized carbons (Fsp3) is 0.556. The summed E-state index contributed by atoms with van der Waals surface area (Å²) >= 11 is 3.46. The first-order chi connectivity index (χ1) is 12.7. The molecule has 2 aliphatic rings. The molecule has 1 aromatic rings. The van der Waals surface area contributed by atoms with Crippen molar-refractivity contribution in [3.05, 3.63) is 28.7 Å². The maximum Gasteiger partial charge on any atom is 0.239 e. The van der Waals surface area contributed by atoms with E-state index in [0.717, 1.165) is 10.2 Å². The number of carbonyl (C=O) groups is 2. The van der Waals surface area contributed by atoms with Crippen LogP contribution < -0.4 is 4.90 Å². The highest BCUT2D eigenvalue weighted by Crippen LogP contribution is 2.32. The number of piperidine rings is 1. The Balaban J connectivity index is 1.63. The molecule has 0 saturated carbocycles. The van der Waals surface area contributed by atoms with Crippen LogP contribution in [0.3, 0.4) is 0 Å². The SMILES string of the molecule is CN(C1CCN(C(=O)C2CCN(c3ccccc3Br)C2=O)CC1)S(C)(=O)=O. The summed E-state index contributed by atoms with van der Waals surface area (Å²) in [6.07, 6.45) is 2.87. The van der Waals surface area contributed by atoms with Gasteiger partial charge in [0.25, 0.3) is 0 Å². The number of anilines is 1. The van der Waals surface area contributed by atoms with Gasteiger partial charge < -0.3 is 9.80 Å². The number of sulfonamides is 1. The molecule has 0 radical (unpaired) electrons. The van der Waals surface area contributed by atoms with Crippen molar-refractivity contribution in [3.8, 4) is 0 Å². The monoisotopic (exact) mass is 457 g/mol. The van der Waals surface area contributed by atoms with Gasteiger partial charge in [-0.2, -0.15) is 0 Å². The van der Waals surface area contributed by atoms with Crippen LogP contribution in [0.15, 0.2) is 28.7 Å². The standard InChI is InChI=1S/C18H24BrN3O4S/c1-20(27(2,25)26)13-7-10-21(11-8-13)17(23)14-9-12-22(18(14)24)16-6-4-3-5-15(16)19/h3-6,13-14H,7-12H2,1-2H3. The Bertz CT molecular complexity index is 837. The molecule has 1 atom stereocenters. The summed E-state index contributed by atoms with van der Waals surface area (Å²) in [5.74, 6) is -0.960. The molecule has 0 aromatic heterocycles. The van der Waals surface area contributed by atoms with Crippen LogP contribution in [-0.4, -0.2) is 68.4 Å². The molecular formula is C18H24BrN3O4S. The van der Waals surface area contributed by atoms with Crippen LogP contribution in [0.25, 0.3) is 0 Å². The van der Waals surface area contributed by atoms with Crippen molar-refractivity contribution >= 4 is 43.5 Å². The van der Waals surface area contributed by atoms with E-state index >= 15 is 0 Å². The zero-order valence-corrected chi connectivity index (χ0v) is 17.9. The quantitative estimate of drug-likeness (QED) is 0.644. The molecular weight excluding hydrogens is 434 g/mol. The van der Waals surface area contributed by atoms with E-state index in [4.69, 9.17) is 0 Å². The van der Waals surface area contributed by atoms with Gasteiger partial charge in [0.1, 0.15) is 5.92 Å². The van der Waals surface area contributed by atoms with Gasteiger partial charge in [0.2, 0.25) is 21.8 Å². The summed E-state index contributed by atoms with van der Waals surface area (Å²) in [6.45, 7) is 1.47. The zero-order valence-electron chi connectivity index (χ0n) is 15.5. The number of amides is 2. The van der Waals surface area contributed by atoms with Crippen molar-refractivity contribution in [2.75, 3.05) is 37.8 Å². The van der Waals surface area contributed by atoms with Crippen LogP contribution in [0.5, 0.6) is 0 Å². The first-order valence-electron chi connectivity index (χ1n) is 8.98. The van der Waals surface area contributed by atoms with Crippen LogP contribution in [0.1, 0.15) is 19.3 Å². The minimum Gasteiger partial charge on any atom is -0.342 e. The number of halogens is 1. The Morgan fingerprint density at radius 2 is 1.78 bits per heavy atom. The Hall–Kier alpha value is -1.45. The number of carbonyl (C=O) groups excluding carboxylic acids is 2. The highest BCUT2D eigenvalue weighted by molar-refractivity contribution is 9.10. The summed E-state index contributed by atoms with van der Waals surface area (Å²) in [5, 5.41) is 0. The lowest BCUT2D eigenvalue weighted by Gasteiger charge is -2.36. The van der Waals surface area contributed by atoms with Gasteiger partial charge in [-0.3, -0.25) is 9.59 Å². The molecule has 0 aliphatic carbocycles. The van der Waals surface area contributed by atoms with Gasteiger partial charge in [0.15, 0.2) is 0 Å². The summed E-state index contributed by atoms with van der Waals surface area (Å²) in [4.78, 5) is 29.1. The molecule has 2 amide bonds. The fourth-order valence-corrected chi connectivity index (χ4v) is 5.01. The fourth-order valence-electron chi connectivity index (χ4n) is 3.76. The third-order valence-electron chi connectivity index (χ3n) is 5.46. The molecule has 1 aromatic carbocycles. The predicted octanol–water partition coefficient (Wildman–Crippen LogP) is 1.68. The van der Waals surface area contributed by atoms with Crippen LogP contribution in [0, 0.1) is 5.92 Å². The third-order valence-corrected chi connectivity index (χ3v) is 7.48. The maximum atomic E-state index is 12.9.